The van der Waals surface area contributed by atoms with Gasteiger partial charge in [0.15, 0.2) is 0 Å². The summed E-state index contributed by atoms with van der Waals surface area (Å²) in [4.78, 5) is 1.35. The summed E-state index contributed by atoms with van der Waals surface area (Å²) in [5.74, 6) is 2.24. The van der Waals surface area contributed by atoms with E-state index in [0.29, 0.717) is 0 Å². The van der Waals surface area contributed by atoms with Crippen LogP contribution in [0.4, 0.5) is 5.69 Å². The molecule has 0 amide bonds. The summed E-state index contributed by atoms with van der Waals surface area (Å²) in [6.07, 6.45) is 5.74. The number of hydrogen-bond acceptors (Lipinski definition) is 2. The predicted octanol–water partition coefficient (Wildman–Crippen LogP) is 3.55. The number of thioether (sulfide) groups is 1. The highest BCUT2D eigenvalue weighted by Crippen LogP contribution is 2.30. The summed E-state index contributed by atoms with van der Waals surface area (Å²) in [5, 5.41) is 0. The van der Waals surface area contributed by atoms with E-state index in [-0.39, 0.29) is 0 Å². The van der Waals surface area contributed by atoms with E-state index in [1.165, 1.54) is 36.3 Å². The van der Waals surface area contributed by atoms with Gasteiger partial charge in [-0.1, -0.05) is 12.8 Å². The number of benzene rings is 1. The van der Waals surface area contributed by atoms with Gasteiger partial charge in [-0.15, -0.1) is 11.8 Å². The Kier molecular flexibility index (Phi) is 3.35. The van der Waals surface area contributed by atoms with Gasteiger partial charge in [0.1, 0.15) is 0 Å². The summed E-state index contributed by atoms with van der Waals surface area (Å²) >= 11 is 1.97. The van der Waals surface area contributed by atoms with Crippen LogP contribution in [0.1, 0.15) is 25.7 Å². The van der Waals surface area contributed by atoms with Crippen molar-refractivity contribution in [1.29, 1.82) is 0 Å². The first kappa shape index (κ1) is 9.91. The maximum Gasteiger partial charge on any atom is 0.0314 e. The molecule has 2 N–H and O–H groups in total. The molecule has 2 heteroatoms. The van der Waals surface area contributed by atoms with Crippen molar-refractivity contribution in [2.75, 3.05) is 11.5 Å². The first-order chi connectivity index (χ1) is 6.84. The summed E-state index contributed by atoms with van der Waals surface area (Å²) in [6.45, 7) is 0. The summed E-state index contributed by atoms with van der Waals surface area (Å²) in [5.41, 5.74) is 6.49. The largest absolute Gasteiger partial charge is 0.399 e. The van der Waals surface area contributed by atoms with Crippen molar-refractivity contribution >= 4 is 17.4 Å². The fraction of sp³-hybridized carbons (Fsp3) is 0.500. The summed E-state index contributed by atoms with van der Waals surface area (Å²) in [6, 6.07) is 8.21. The van der Waals surface area contributed by atoms with Gasteiger partial charge in [0.25, 0.3) is 0 Å². The monoisotopic (exact) mass is 207 g/mol. The van der Waals surface area contributed by atoms with Gasteiger partial charge in [-0.2, -0.15) is 0 Å². The lowest BCUT2D eigenvalue weighted by atomic mass is 10.1. The van der Waals surface area contributed by atoms with Crippen molar-refractivity contribution in [3.8, 4) is 0 Å². The molecule has 2 rings (SSSR count). The van der Waals surface area contributed by atoms with E-state index in [1.807, 2.05) is 23.9 Å². The quantitative estimate of drug-likeness (QED) is 0.606. The molecule has 0 unspecified atom stereocenters. The average Bonchev–Trinajstić information content (AvgIpc) is 2.70. The molecule has 1 fully saturated rings. The van der Waals surface area contributed by atoms with E-state index >= 15 is 0 Å². The molecular weight excluding hydrogens is 190 g/mol. The second-order valence-corrected chi connectivity index (χ2v) is 5.12. The van der Waals surface area contributed by atoms with Crippen LogP contribution in [0.5, 0.6) is 0 Å². The van der Waals surface area contributed by atoms with Gasteiger partial charge in [-0.25, -0.2) is 0 Å². The van der Waals surface area contributed by atoms with Crippen molar-refractivity contribution in [2.24, 2.45) is 5.92 Å². The molecule has 0 aliphatic heterocycles. The molecule has 1 aromatic carbocycles. The molecule has 0 aromatic heterocycles. The SMILES string of the molecule is Nc1ccc(SCC2CCCC2)cc1. The maximum atomic E-state index is 5.64. The molecule has 0 bridgehead atoms. The Hall–Kier alpha value is -0.630. The lowest BCUT2D eigenvalue weighted by Gasteiger charge is -2.07. The Bertz CT molecular complexity index is 275. The maximum absolute atomic E-state index is 5.64. The van der Waals surface area contributed by atoms with Gasteiger partial charge < -0.3 is 5.73 Å². The third-order valence-corrected chi connectivity index (χ3v) is 4.08. The van der Waals surface area contributed by atoms with Crippen LogP contribution in [-0.4, -0.2) is 5.75 Å². The van der Waals surface area contributed by atoms with E-state index in [0.717, 1.165) is 11.6 Å². The highest BCUT2D eigenvalue weighted by molar-refractivity contribution is 7.99. The molecule has 0 heterocycles. The van der Waals surface area contributed by atoms with Gasteiger partial charge in [0.2, 0.25) is 0 Å². The number of nitrogen functional groups attached to an aromatic ring is 1. The fourth-order valence-electron chi connectivity index (χ4n) is 1.96. The topological polar surface area (TPSA) is 26.0 Å². The lowest BCUT2D eigenvalue weighted by molar-refractivity contribution is 0.623. The van der Waals surface area contributed by atoms with Crippen LogP contribution in [0, 0.1) is 5.92 Å². The standard InChI is InChI=1S/C12H17NS/c13-11-5-7-12(8-6-11)14-9-10-3-1-2-4-10/h5-8,10H,1-4,9,13H2. The van der Waals surface area contributed by atoms with Crippen LogP contribution in [0.2, 0.25) is 0 Å². The predicted molar refractivity (Wildman–Crippen MR) is 63.5 cm³/mol. The molecule has 0 atom stereocenters. The average molecular weight is 207 g/mol. The second kappa shape index (κ2) is 4.74. The van der Waals surface area contributed by atoms with Gasteiger partial charge in [0.05, 0.1) is 0 Å². The summed E-state index contributed by atoms with van der Waals surface area (Å²) < 4.78 is 0. The third-order valence-electron chi connectivity index (χ3n) is 2.84. The molecule has 0 radical (unpaired) electrons. The third kappa shape index (κ3) is 2.68. The number of rotatable bonds is 3. The van der Waals surface area contributed by atoms with Crippen molar-refractivity contribution in [3.05, 3.63) is 24.3 Å². The minimum atomic E-state index is 0.857. The minimum Gasteiger partial charge on any atom is -0.399 e. The first-order valence-corrected chi connectivity index (χ1v) is 6.31. The first-order valence-electron chi connectivity index (χ1n) is 5.33. The van der Waals surface area contributed by atoms with Crippen LogP contribution in [0.3, 0.4) is 0 Å². The van der Waals surface area contributed by atoms with Gasteiger partial charge in [-0.3, -0.25) is 0 Å². The molecule has 14 heavy (non-hydrogen) atoms. The van der Waals surface area contributed by atoms with Crippen molar-refractivity contribution in [3.63, 3.8) is 0 Å². The van der Waals surface area contributed by atoms with Gasteiger partial charge >= 0.3 is 0 Å². The number of hydrogen-bond donors (Lipinski definition) is 1. The van der Waals surface area contributed by atoms with E-state index in [4.69, 9.17) is 5.73 Å². The molecule has 0 saturated heterocycles. The van der Waals surface area contributed by atoms with Crippen LogP contribution in [0.15, 0.2) is 29.2 Å². The Balaban J connectivity index is 1.82. The van der Waals surface area contributed by atoms with Crippen molar-refractivity contribution < 1.29 is 0 Å². The molecule has 76 valence electrons. The van der Waals surface area contributed by atoms with E-state index in [2.05, 4.69) is 12.1 Å². The zero-order chi connectivity index (χ0) is 9.80. The Morgan fingerprint density at radius 2 is 1.79 bits per heavy atom. The smallest absolute Gasteiger partial charge is 0.0314 e. The van der Waals surface area contributed by atoms with E-state index in [1.54, 1.807) is 0 Å². The van der Waals surface area contributed by atoms with Crippen molar-refractivity contribution in [1.82, 2.24) is 0 Å². The number of anilines is 1. The van der Waals surface area contributed by atoms with Gasteiger partial charge in [-0.05, 0) is 43.0 Å². The van der Waals surface area contributed by atoms with Crippen molar-refractivity contribution in [2.45, 2.75) is 30.6 Å². The Morgan fingerprint density at radius 3 is 2.43 bits per heavy atom. The molecule has 1 aliphatic carbocycles. The highest BCUT2D eigenvalue weighted by atomic mass is 32.2. The Labute approximate surface area is 90.1 Å². The molecule has 1 nitrogen and oxygen atoms in total. The molecular formula is C12H17NS. The van der Waals surface area contributed by atoms with Crippen LogP contribution >= 0.6 is 11.8 Å². The molecule has 0 spiro atoms. The fourth-order valence-corrected chi connectivity index (χ4v) is 3.05. The number of nitrogens with two attached hydrogens (primary N) is 1. The van der Waals surface area contributed by atoms with E-state index < -0.39 is 0 Å². The van der Waals surface area contributed by atoms with Gasteiger partial charge in [0, 0.05) is 16.3 Å². The minimum absolute atomic E-state index is 0.857. The van der Waals surface area contributed by atoms with Crippen LogP contribution in [0.25, 0.3) is 0 Å². The zero-order valence-electron chi connectivity index (χ0n) is 8.41. The second-order valence-electron chi connectivity index (χ2n) is 4.03. The van der Waals surface area contributed by atoms with E-state index in [9.17, 15) is 0 Å². The Morgan fingerprint density at radius 1 is 1.14 bits per heavy atom. The molecule has 1 saturated carbocycles. The van der Waals surface area contributed by atoms with Crippen LogP contribution < -0.4 is 5.73 Å². The van der Waals surface area contributed by atoms with Crippen LogP contribution in [-0.2, 0) is 0 Å². The zero-order valence-corrected chi connectivity index (χ0v) is 9.22. The summed E-state index contributed by atoms with van der Waals surface area (Å²) in [7, 11) is 0. The molecule has 1 aliphatic rings. The lowest BCUT2D eigenvalue weighted by Crippen LogP contribution is -1.96. The highest BCUT2D eigenvalue weighted by Gasteiger charge is 2.14. The normalized spacial score (nSPS) is 17.4. The molecule has 1 aromatic rings.